The Hall–Kier alpha value is -3.04. The van der Waals surface area contributed by atoms with Gasteiger partial charge in [0.25, 0.3) is 5.91 Å². The van der Waals surface area contributed by atoms with Crippen molar-refractivity contribution in [2.75, 3.05) is 5.32 Å². The lowest BCUT2D eigenvalue weighted by Crippen LogP contribution is -2.31. The molecule has 3 rings (SSSR count). The highest BCUT2D eigenvalue weighted by molar-refractivity contribution is 6.33. The third-order valence-corrected chi connectivity index (χ3v) is 4.99. The number of benzene rings is 2. The van der Waals surface area contributed by atoms with E-state index < -0.39 is 35.4 Å². The van der Waals surface area contributed by atoms with Gasteiger partial charge in [-0.1, -0.05) is 41.4 Å². The number of nitrogens with one attached hydrogen (secondary N) is 1. The van der Waals surface area contributed by atoms with Gasteiger partial charge in [0.05, 0.1) is 22.6 Å². The summed E-state index contributed by atoms with van der Waals surface area (Å²) >= 11 is 11.9. The van der Waals surface area contributed by atoms with E-state index in [2.05, 4.69) is 10.4 Å². The number of alkyl halides is 3. The molecule has 3 aromatic rings. The smallest absolute Gasteiger partial charge is 0.418 e. The Balaban J connectivity index is 1.77. The van der Waals surface area contributed by atoms with Gasteiger partial charge >= 0.3 is 12.1 Å². The zero-order chi connectivity index (χ0) is 23.6. The van der Waals surface area contributed by atoms with Crippen molar-refractivity contribution >= 4 is 40.8 Å². The molecule has 0 aliphatic heterocycles. The lowest BCUT2D eigenvalue weighted by atomic mass is 10.1. The topological polar surface area (TPSA) is 73.2 Å². The maximum Gasteiger partial charge on any atom is 0.418 e. The molecule has 0 fully saturated rings. The van der Waals surface area contributed by atoms with Gasteiger partial charge in [-0.25, -0.2) is 9.48 Å². The monoisotopic (exact) mass is 485 g/mol. The summed E-state index contributed by atoms with van der Waals surface area (Å²) in [5.74, 6) is -1.90. The minimum atomic E-state index is -4.75. The molecule has 1 amide bonds. The van der Waals surface area contributed by atoms with Gasteiger partial charge in [-0.3, -0.25) is 4.79 Å². The van der Waals surface area contributed by atoms with Gasteiger partial charge in [0.15, 0.2) is 6.10 Å². The van der Waals surface area contributed by atoms with Crippen LogP contribution in [0.15, 0.2) is 48.5 Å². The molecule has 2 aromatic carbocycles. The number of halogens is 5. The molecule has 11 heteroatoms. The lowest BCUT2D eigenvalue weighted by Gasteiger charge is -2.17. The number of hydrogen-bond acceptors (Lipinski definition) is 4. The van der Waals surface area contributed by atoms with Crippen LogP contribution in [0.4, 0.5) is 18.9 Å². The molecule has 168 valence electrons. The standard InChI is InChI=1S/C21H16Cl2F3N3O3/c1-11-17(18(23)29(28-11)14-6-4-3-5-7-14)20(31)32-12(2)19(30)27-16-9-8-13(22)10-15(16)21(24,25)26/h3-10,12H,1-2H3,(H,27,30)/t12-/m0/s1. The molecule has 1 heterocycles. The quantitative estimate of drug-likeness (QED) is 0.471. The van der Waals surface area contributed by atoms with Crippen molar-refractivity contribution in [3.63, 3.8) is 0 Å². The molecule has 1 atom stereocenters. The summed E-state index contributed by atoms with van der Waals surface area (Å²) in [5, 5.41) is 6.16. The SMILES string of the molecule is Cc1nn(-c2ccccc2)c(Cl)c1C(=O)O[C@@H](C)C(=O)Nc1ccc(Cl)cc1C(F)(F)F. The molecule has 0 saturated carbocycles. The van der Waals surface area contributed by atoms with E-state index in [0.29, 0.717) is 11.8 Å². The van der Waals surface area contributed by atoms with Crippen molar-refractivity contribution in [1.29, 1.82) is 0 Å². The average Bonchev–Trinajstić information content (AvgIpc) is 3.03. The van der Waals surface area contributed by atoms with Crippen LogP contribution in [0, 0.1) is 6.92 Å². The molecular formula is C21H16Cl2F3N3O3. The molecule has 1 N–H and O–H groups in total. The minimum absolute atomic E-state index is 0.0247. The van der Waals surface area contributed by atoms with E-state index in [1.165, 1.54) is 24.6 Å². The Bertz CT molecular complexity index is 1160. The van der Waals surface area contributed by atoms with E-state index in [0.717, 1.165) is 6.07 Å². The predicted octanol–water partition coefficient (Wildman–Crippen LogP) is 5.69. The van der Waals surface area contributed by atoms with Crippen molar-refractivity contribution in [2.45, 2.75) is 26.1 Å². The molecule has 0 radical (unpaired) electrons. The normalized spacial score (nSPS) is 12.3. The molecule has 0 saturated heterocycles. The van der Waals surface area contributed by atoms with Crippen molar-refractivity contribution in [3.8, 4) is 5.69 Å². The third kappa shape index (κ3) is 5.05. The molecule has 32 heavy (non-hydrogen) atoms. The van der Waals surface area contributed by atoms with E-state index in [4.69, 9.17) is 27.9 Å². The Morgan fingerprint density at radius 2 is 1.78 bits per heavy atom. The Morgan fingerprint density at radius 3 is 2.41 bits per heavy atom. The van der Waals surface area contributed by atoms with Crippen molar-refractivity contribution in [3.05, 3.63) is 75.5 Å². The zero-order valence-electron chi connectivity index (χ0n) is 16.7. The van der Waals surface area contributed by atoms with Crippen LogP contribution in [0.25, 0.3) is 5.69 Å². The lowest BCUT2D eigenvalue weighted by molar-refractivity contribution is -0.137. The van der Waals surface area contributed by atoms with Crippen molar-refractivity contribution < 1.29 is 27.5 Å². The maximum absolute atomic E-state index is 13.2. The van der Waals surface area contributed by atoms with Crippen LogP contribution in [-0.4, -0.2) is 27.8 Å². The molecule has 0 aliphatic rings. The number of carbonyl (C=O) groups is 2. The van der Waals surface area contributed by atoms with Crippen LogP contribution < -0.4 is 5.32 Å². The van der Waals surface area contributed by atoms with Crippen LogP contribution in [0.1, 0.15) is 28.5 Å². The summed E-state index contributed by atoms with van der Waals surface area (Å²) in [6.07, 6.45) is -6.17. The summed E-state index contributed by atoms with van der Waals surface area (Å²) in [6.45, 7) is 2.76. The Kier molecular flexibility index (Phi) is 6.80. The first-order valence-corrected chi connectivity index (χ1v) is 9.93. The fourth-order valence-electron chi connectivity index (χ4n) is 2.84. The number of anilines is 1. The second-order valence-electron chi connectivity index (χ2n) is 6.72. The third-order valence-electron chi connectivity index (χ3n) is 4.41. The molecular weight excluding hydrogens is 470 g/mol. The number of hydrogen-bond donors (Lipinski definition) is 1. The molecule has 0 bridgehead atoms. The number of carbonyl (C=O) groups excluding carboxylic acids is 2. The Labute approximate surface area is 190 Å². The summed E-state index contributed by atoms with van der Waals surface area (Å²) in [4.78, 5) is 25.0. The largest absolute Gasteiger partial charge is 0.449 e. The van der Waals surface area contributed by atoms with E-state index in [-0.39, 0.29) is 21.4 Å². The number of esters is 1. The second-order valence-corrected chi connectivity index (χ2v) is 7.52. The first-order valence-electron chi connectivity index (χ1n) is 9.18. The van der Waals surface area contributed by atoms with Gasteiger partial charge in [-0.05, 0) is 44.2 Å². The number of aromatic nitrogens is 2. The Morgan fingerprint density at radius 1 is 1.12 bits per heavy atom. The summed E-state index contributed by atoms with van der Waals surface area (Å²) in [7, 11) is 0. The van der Waals surface area contributed by atoms with Crippen LogP contribution >= 0.6 is 23.2 Å². The second kappa shape index (κ2) is 9.22. The number of nitrogens with zero attached hydrogens (tertiary/aromatic N) is 2. The number of amides is 1. The molecule has 1 aromatic heterocycles. The fraction of sp³-hybridized carbons (Fsp3) is 0.190. The molecule has 0 aliphatic carbocycles. The highest BCUT2D eigenvalue weighted by Gasteiger charge is 2.35. The summed E-state index contributed by atoms with van der Waals surface area (Å²) in [5.41, 5.74) is -0.833. The van der Waals surface area contributed by atoms with Crippen molar-refractivity contribution in [1.82, 2.24) is 9.78 Å². The van der Waals surface area contributed by atoms with E-state index in [1.54, 1.807) is 30.3 Å². The molecule has 0 spiro atoms. The van der Waals surface area contributed by atoms with Gasteiger partial charge in [-0.2, -0.15) is 18.3 Å². The van der Waals surface area contributed by atoms with Gasteiger partial charge in [-0.15, -0.1) is 0 Å². The summed E-state index contributed by atoms with van der Waals surface area (Å²) in [6, 6.07) is 11.7. The van der Waals surface area contributed by atoms with E-state index >= 15 is 0 Å². The van der Waals surface area contributed by atoms with Crippen molar-refractivity contribution in [2.24, 2.45) is 0 Å². The van der Waals surface area contributed by atoms with Crippen LogP contribution in [-0.2, 0) is 15.7 Å². The van der Waals surface area contributed by atoms with Gasteiger partial charge in [0, 0.05) is 5.02 Å². The van der Waals surface area contributed by atoms with E-state index in [1.807, 2.05) is 0 Å². The minimum Gasteiger partial charge on any atom is -0.449 e. The highest BCUT2D eigenvalue weighted by Crippen LogP contribution is 2.36. The number of ether oxygens (including phenoxy) is 1. The molecule has 0 unspecified atom stereocenters. The van der Waals surface area contributed by atoms with Gasteiger partial charge < -0.3 is 10.1 Å². The van der Waals surface area contributed by atoms with Gasteiger partial charge in [0.2, 0.25) is 0 Å². The summed E-state index contributed by atoms with van der Waals surface area (Å²) < 4.78 is 46.1. The average molecular weight is 486 g/mol. The van der Waals surface area contributed by atoms with Crippen LogP contribution in [0.2, 0.25) is 10.2 Å². The zero-order valence-corrected chi connectivity index (χ0v) is 18.2. The highest BCUT2D eigenvalue weighted by atomic mass is 35.5. The first kappa shape index (κ1) is 23.6. The van der Waals surface area contributed by atoms with Gasteiger partial charge in [0.1, 0.15) is 10.7 Å². The fourth-order valence-corrected chi connectivity index (χ4v) is 3.36. The number of rotatable bonds is 5. The maximum atomic E-state index is 13.2. The molecule has 6 nitrogen and oxygen atoms in total. The predicted molar refractivity (Wildman–Crippen MR) is 113 cm³/mol. The van der Waals surface area contributed by atoms with Crippen LogP contribution in [0.5, 0.6) is 0 Å². The first-order chi connectivity index (χ1) is 15.0. The number of aryl methyl sites for hydroxylation is 1. The number of para-hydroxylation sites is 1. The van der Waals surface area contributed by atoms with Crippen LogP contribution in [0.3, 0.4) is 0 Å². The van der Waals surface area contributed by atoms with E-state index in [9.17, 15) is 22.8 Å².